The number of rotatable bonds is 5. The zero-order chi connectivity index (χ0) is 36.3. The van der Waals surface area contributed by atoms with Gasteiger partial charge in [-0.1, -0.05) is 146 Å². The van der Waals surface area contributed by atoms with Crippen LogP contribution < -0.4 is 0 Å². The lowest BCUT2D eigenvalue weighted by Crippen LogP contribution is -2.00. The van der Waals surface area contributed by atoms with Gasteiger partial charge in [-0.3, -0.25) is 9.97 Å². The van der Waals surface area contributed by atoms with Crippen LogP contribution in [0.1, 0.15) is 0 Å². The summed E-state index contributed by atoms with van der Waals surface area (Å²) >= 11 is 0. The maximum atomic E-state index is 4.97. The Morgan fingerprint density at radius 1 is 0.345 bits per heavy atom. The van der Waals surface area contributed by atoms with E-state index in [1.54, 1.807) is 12.4 Å². The van der Waals surface area contributed by atoms with Gasteiger partial charge < -0.3 is 4.57 Å². The van der Waals surface area contributed by atoms with Crippen molar-refractivity contribution in [2.24, 2.45) is 0 Å². The smallest absolute Gasteiger partial charge is 0.164 e. The molecule has 3 aromatic heterocycles. The van der Waals surface area contributed by atoms with Gasteiger partial charge in [0.05, 0.1) is 22.1 Å². The van der Waals surface area contributed by atoms with Gasteiger partial charge in [0.15, 0.2) is 17.5 Å². The third-order valence-electron chi connectivity index (χ3n) is 10.5. The van der Waals surface area contributed by atoms with Crippen LogP contribution in [-0.2, 0) is 0 Å². The Morgan fingerprint density at radius 2 is 0.873 bits per heavy atom. The molecule has 0 bridgehead atoms. The maximum Gasteiger partial charge on any atom is 0.164 e. The van der Waals surface area contributed by atoms with Gasteiger partial charge in [0, 0.05) is 61.7 Å². The van der Waals surface area contributed by atoms with Crippen molar-refractivity contribution >= 4 is 54.4 Å². The monoisotopic (exact) mass is 702 g/mol. The van der Waals surface area contributed by atoms with E-state index in [1.807, 2.05) is 60.7 Å². The summed E-state index contributed by atoms with van der Waals surface area (Å²) in [5.41, 5.74) is 10.2. The zero-order valence-electron chi connectivity index (χ0n) is 29.5. The molecule has 8 aromatic carbocycles. The number of fused-ring (bicyclic) bond motifs is 10. The van der Waals surface area contributed by atoms with Crippen molar-refractivity contribution in [3.05, 3.63) is 182 Å². The molecule has 0 amide bonds. The number of hydrogen-bond donors (Lipinski definition) is 0. The molecule has 55 heavy (non-hydrogen) atoms. The van der Waals surface area contributed by atoms with E-state index in [4.69, 9.17) is 24.9 Å². The fourth-order valence-corrected chi connectivity index (χ4v) is 8.01. The molecule has 11 rings (SSSR count). The number of aromatic nitrogens is 6. The van der Waals surface area contributed by atoms with Crippen LogP contribution >= 0.6 is 0 Å². The van der Waals surface area contributed by atoms with E-state index in [0.29, 0.717) is 17.5 Å². The minimum atomic E-state index is 0.632. The van der Waals surface area contributed by atoms with E-state index in [2.05, 4.69) is 114 Å². The van der Waals surface area contributed by atoms with Gasteiger partial charge in [0.1, 0.15) is 0 Å². The Bertz CT molecular complexity index is 3150. The molecule has 0 aliphatic heterocycles. The predicted molar refractivity (Wildman–Crippen MR) is 224 cm³/mol. The minimum absolute atomic E-state index is 0.632. The molecule has 0 radical (unpaired) electrons. The standard InChI is InChI=1S/C49H30N6/c1-3-12-32(13-4-1)47-52-48(33-14-5-2-6-15-33)54-49(53-47)35-17-11-16-34(30-35)31-22-24-36(25-23-31)55-42-21-10-9-18-37(42)40-26-27-41-43(46(40)55)38-19-7-8-20-39(38)44-45(41)51-29-28-50-44/h1-30H. The summed E-state index contributed by atoms with van der Waals surface area (Å²) < 4.78 is 2.41. The minimum Gasteiger partial charge on any atom is -0.309 e. The molecule has 0 aliphatic carbocycles. The van der Waals surface area contributed by atoms with Crippen molar-refractivity contribution in [1.82, 2.24) is 29.5 Å². The lowest BCUT2D eigenvalue weighted by atomic mass is 9.97. The Labute approximate surface area is 316 Å². The fraction of sp³-hybridized carbons (Fsp3) is 0. The first-order valence-corrected chi connectivity index (χ1v) is 18.3. The third-order valence-corrected chi connectivity index (χ3v) is 10.5. The summed E-state index contributed by atoms with van der Waals surface area (Å²) in [5.74, 6) is 1.92. The van der Waals surface area contributed by atoms with E-state index in [9.17, 15) is 0 Å². The van der Waals surface area contributed by atoms with Crippen LogP contribution in [0.2, 0.25) is 0 Å². The third kappa shape index (κ3) is 5.07. The van der Waals surface area contributed by atoms with Crippen molar-refractivity contribution in [2.45, 2.75) is 0 Å². The summed E-state index contributed by atoms with van der Waals surface area (Å²) in [5, 5.41) is 6.95. The Morgan fingerprint density at radius 3 is 1.56 bits per heavy atom. The van der Waals surface area contributed by atoms with Gasteiger partial charge in [-0.05, 0) is 40.8 Å². The van der Waals surface area contributed by atoms with Crippen LogP contribution in [0, 0.1) is 0 Å². The van der Waals surface area contributed by atoms with Crippen molar-refractivity contribution in [2.75, 3.05) is 0 Å². The van der Waals surface area contributed by atoms with E-state index >= 15 is 0 Å². The number of hydrogen-bond acceptors (Lipinski definition) is 5. The molecule has 0 unspecified atom stereocenters. The van der Waals surface area contributed by atoms with Gasteiger partial charge in [0.2, 0.25) is 0 Å². The van der Waals surface area contributed by atoms with E-state index in [1.165, 1.54) is 16.2 Å². The van der Waals surface area contributed by atoms with Crippen LogP contribution in [0.4, 0.5) is 0 Å². The summed E-state index contributed by atoms with van der Waals surface area (Å²) in [6.07, 6.45) is 3.57. The zero-order valence-corrected chi connectivity index (χ0v) is 29.5. The molecule has 0 atom stereocenters. The summed E-state index contributed by atoms with van der Waals surface area (Å²) in [6.45, 7) is 0. The average Bonchev–Trinajstić information content (AvgIpc) is 3.61. The molecule has 0 fully saturated rings. The molecule has 6 nitrogen and oxygen atoms in total. The average molecular weight is 703 g/mol. The van der Waals surface area contributed by atoms with Crippen molar-refractivity contribution in [1.29, 1.82) is 0 Å². The largest absolute Gasteiger partial charge is 0.309 e. The van der Waals surface area contributed by atoms with Crippen LogP contribution in [0.3, 0.4) is 0 Å². The van der Waals surface area contributed by atoms with Crippen LogP contribution in [0.25, 0.3) is 105 Å². The van der Waals surface area contributed by atoms with E-state index < -0.39 is 0 Å². The van der Waals surface area contributed by atoms with Crippen molar-refractivity contribution in [3.8, 4) is 51.0 Å². The molecular formula is C49H30N6. The molecule has 3 heterocycles. The molecule has 11 aromatic rings. The fourth-order valence-electron chi connectivity index (χ4n) is 8.01. The summed E-state index contributed by atoms with van der Waals surface area (Å²) in [6, 6.07) is 59.1. The van der Waals surface area contributed by atoms with Gasteiger partial charge in [-0.15, -0.1) is 0 Å². The number of para-hydroxylation sites is 1. The lowest BCUT2D eigenvalue weighted by molar-refractivity contribution is 1.07. The SMILES string of the molecule is c1ccc(-c2nc(-c3ccccc3)nc(-c3cccc(-c4ccc(-n5c6ccccc6c6ccc7c8nccnc8c8ccccc8c7c65)cc4)c3)n2)cc1. The normalized spacial score (nSPS) is 11.6. The molecular weight excluding hydrogens is 673 g/mol. The van der Waals surface area contributed by atoms with Crippen LogP contribution in [0.5, 0.6) is 0 Å². The number of nitrogens with zero attached hydrogens (tertiary/aromatic N) is 6. The summed E-state index contributed by atoms with van der Waals surface area (Å²) in [7, 11) is 0. The second kappa shape index (κ2) is 12.5. The second-order valence-electron chi connectivity index (χ2n) is 13.7. The second-order valence-corrected chi connectivity index (χ2v) is 13.7. The lowest BCUT2D eigenvalue weighted by Gasteiger charge is -2.14. The molecule has 0 spiro atoms. The predicted octanol–water partition coefficient (Wildman–Crippen LogP) is 11.9. The molecule has 256 valence electrons. The first kappa shape index (κ1) is 31.0. The van der Waals surface area contributed by atoms with Gasteiger partial charge in [0.25, 0.3) is 0 Å². The molecule has 6 heteroatoms. The van der Waals surface area contributed by atoms with E-state index in [-0.39, 0.29) is 0 Å². The maximum absolute atomic E-state index is 4.97. The van der Waals surface area contributed by atoms with Crippen molar-refractivity contribution < 1.29 is 0 Å². The highest BCUT2D eigenvalue weighted by Crippen LogP contribution is 2.42. The van der Waals surface area contributed by atoms with Gasteiger partial charge in [-0.25, -0.2) is 15.0 Å². The molecule has 0 N–H and O–H groups in total. The van der Waals surface area contributed by atoms with E-state index in [0.717, 1.165) is 71.7 Å². The van der Waals surface area contributed by atoms with Gasteiger partial charge in [-0.2, -0.15) is 0 Å². The highest BCUT2D eigenvalue weighted by atomic mass is 15.0. The molecule has 0 saturated carbocycles. The Kier molecular flexibility index (Phi) is 7.07. The summed E-state index contributed by atoms with van der Waals surface area (Å²) in [4.78, 5) is 24.5. The van der Waals surface area contributed by atoms with Crippen LogP contribution in [-0.4, -0.2) is 29.5 Å². The molecule has 0 aliphatic rings. The van der Waals surface area contributed by atoms with Crippen molar-refractivity contribution in [3.63, 3.8) is 0 Å². The first-order valence-electron chi connectivity index (χ1n) is 18.3. The van der Waals surface area contributed by atoms with Crippen LogP contribution in [0.15, 0.2) is 182 Å². The Hall–Kier alpha value is -7.57. The topological polar surface area (TPSA) is 69.4 Å². The molecule has 0 saturated heterocycles. The Balaban J connectivity index is 1.06. The highest BCUT2D eigenvalue weighted by Gasteiger charge is 2.20. The number of benzene rings is 8. The quantitative estimate of drug-likeness (QED) is 0.167. The van der Waals surface area contributed by atoms with Gasteiger partial charge >= 0.3 is 0 Å². The highest BCUT2D eigenvalue weighted by molar-refractivity contribution is 6.32. The first-order chi connectivity index (χ1) is 27.3.